The van der Waals surface area contributed by atoms with Gasteiger partial charge in [0.15, 0.2) is 0 Å². The van der Waals surface area contributed by atoms with Crippen molar-refractivity contribution in [1.29, 1.82) is 0 Å². The number of anilines is 2. The summed E-state index contributed by atoms with van der Waals surface area (Å²) in [6.45, 7) is 15.3. The number of carbonyl (C=O) groups excluding carboxylic acids is 1. The van der Waals surface area contributed by atoms with Crippen LogP contribution in [0.25, 0.3) is 0 Å². The SMILES string of the molecule is CC(C)CN1CCN(c2ccc(C(=O)OC(C)(C)C)c(N)c2)CC1. The molecule has 1 heterocycles. The Morgan fingerprint density at radius 1 is 1.21 bits per heavy atom. The maximum Gasteiger partial charge on any atom is 0.340 e. The molecule has 0 aliphatic carbocycles. The highest BCUT2D eigenvalue weighted by atomic mass is 16.6. The molecule has 0 bridgehead atoms. The highest BCUT2D eigenvalue weighted by Gasteiger charge is 2.22. The summed E-state index contributed by atoms with van der Waals surface area (Å²) in [4.78, 5) is 17.0. The largest absolute Gasteiger partial charge is 0.456 e. The topological polar surface area (TPSA) is 58.8 Å². The first-order chi connectivity index (χ1) is 11.2. The molecule has 0 amide bonds. The lowest BCUT2D eigenvalue weighted by molar-refractivity contribution is 0.00708. The third kappa shape index (κ3) is 5.13. The second kappa shape index (κ2) is 7.43. The van der Waals surface area contributed by atoms with Crippen molar-refractivity contribution >= 4 is 17.3 Å². The van der Waals surface area contributed by atoms with E-state index in [-0.39, 0.29) is 5.97 Å². The first kappa shape index (κ1) is 18.6. The van der Waals surface area contributed by atoms with E-state index in [0.717, 1.165) is 38.4 Å². The highest BCUT2D eigenvalue weighted by molar-refractivity contribution is 5.96. The molecule has 2 N–H and O–H groups in total. The van der Waals surface area contributed by atoms with Crippen LogP contribution < -0.4 is 10.6 Å². The lowest BCUT2D eigenvalue weighted by atomic mass is 10.1. The molecule has 2 rings (SSSR count). The number of esters is 1. The molecule has 5 heteroatoms. The van der Waals surface area contributed by atoms with Gasteiger partial charge in [-0.2, -0.15) is 0 Å². The third-order valence-electron chi connectivity index (χ3n) is 4.01. The van der Waals surface area contributed by atoms with Crippen LogP contribution in [0.15, 0.2) is 18.2 Å². The van der Waals surface area contributed by atoms with E-state index >= 15 is 0 Å². The number of nitrogen functional groups attached to an aromatic ring is 1. The normalized spacial score (nSPS) is 16.5. The monoisotopic (exact) mass is 333 g/mol. The zero-order chi connectivity index (χ0) is 17.9. The number of nitrogens with two attached hydrogens (primary N) is 1. The molecule has 1 aliphatic rings. The molecule has 0 radical (unpaired) electrons. The van der Waals surface area contributed by atoms with Crippen LogP contribution in [0.1, 0.15) is 45.0 Å². The lowest BCUT2D eigenvalue weighted by Crippen LogP contribution is -2.47. The summed E-state index contributed by atoms with van der Waals surface area (Å²) >= 11 is 0. The van der Waals surface area contributed by atoms with Crippen LogP contribution in [0.2, 0.25) is 0 Å². The number of hydrogen-bond acceptors (Lipinski definition) is 5. The number of rotatable bonds is 4. The summed E-state index contributed by atoms with van der Waals surface area (Å²) in [6.07, 6.45) is 0. The fourth-order valence-electron chi connectivity index (χ4n) is 2.97. The Labute approximate surface area is 145 Å². The Morgan fingerprint density at radius 3 is 2.33 bits per heavy atom. The van der Waals surface area contributed by atoms with E-state index < -0.39 is 5.60 Å². The number of ether oxygens (including phenoxy) is 1. The number of benzene rings is 1. The quantitative estimate of drug-likeness (QED) is 0.678. The summed E-state index contributed by atoms with van der Waals surface area (Å²) in [5.41, 5.74) is 7.57. The van der Waals surface area contributed by atoms with Gasteiger partial charge in [-0.3, -0.25) is 4.90 Å². The average molecular weight is 333 g/mol. The number of carbonyl (C=O) groups is 1. The molecule has 0 aromatic heterocycles. The van der Waals surface area contributed by atoms with Crippen LogP contribution in [-0.4, -0.2) is 49.2 Å². The van der Waals surface area contributed by atoms with Crippen LogP contribution in [0.3, 0.4) is 0 Å². The molecular weight excluding hydrogens is 302 g/mol. The Kier molecular flexibility index (Phi) is 5.75. The van der Waals surface area contributed by atoms with E-state index in [1.54, 1.807) is 6.07 Å². The molecule has 0 saturated carbocycles. The Balaban J connectivity index is 2.01. The van der Waals surface area contributed by atoms with Crippen molar-refractivity contribution in [1.82, 2.24) is 4.90 Å². The van der Waals surface area contributed by atoms with Gasteiger partial charge < -0.3 is 15.4 Å². The second-order valence-corrected chi connectivity index (χ2v) is 7.95. The maximum absolute atomic E-state index is 12.2. The number of piperazine rings is 1. The van der Waals surface area contributed by atoms with E-state index in [4.69, 9.17) is 10.5 Å². The molecule has 0 unspecified atom stereocenters. The van der Waals surface area contributed by atoms with E-state index in [9.17, 15) is 4.79 Å². The first-order valence-corrected chi connectivity index (χ1v) is 8.76. The summed E-state index contributed by atoms with van der Waals surface area (Å²) in [5.74, 6) is 0.327. The van der Waals surface area contributed by atoms with Crippen LogP contribution in [-0.2, 0) is 4.74 Å². The minimum absolute atomic E-state index is 0.367. The number of nitrogens with zero attached hydrogens (tertiary/aromatic N) is 2. The Morgan fingerprint density at radius 2 is 1.83 bits per heavy atom. The smallest absolute Gasteiger partial charge is 0.340 e. The molecule has 0 atom stereocenters. The molecule has 0 spiro atoms. The van der Waals surface area contributed by atoms with Gasteiger partial charge in [-0.15, -0.1) is 0 Å². The van der Waals surface area contributed by atoms with Crippen molar-refractivity contribution in [3.05, 3.63) is 23.8 Å². The van der Waals surface area contributed by atoms with E-state index in [1.807, 2.05) is 32.9 Å². The van der Waals surface area contributed by atoms with Crippen molar-refractivity contribution in [3.8, 4) is 0 Å². The summed E-state index contributed by atoms with van der Waals surface area (Å²) in [5, 5.41) is 0. The second-order valence-electron chi connectivity index (χ2n) is 7.95. The third-order valence-corrected chi connectivity index (χ3v) is 4.01. The predicted molar refractivity (Wildman–Crippen MR) is 99.5 cm³/mol. The minimum Gasteiger partial charge on any atom is -0.456 e. The van der Waals surface area contributed by atoms with Gasteiger partial charge in [0.1, 0.15) is 5.60 Å². The molecule has 24 heavy (non-hydrogen) atoms. The van der Waals surface area contributed by atoms with Crippen LogP contribution in [0, 0.1) is 5.92 Å². The van der Waals surface area contributed by atoms with Gasteiger partial charge in [-0.1, -0.05) is 13.8 Å². The first-order valence-electron chi connectivity index (χ1n) is 8.76. The molecule has 1 aliphatic heterocycles. The highest BCUT2D eigenvalue weighted by Crippen LogP contribution is 2.24. The van der Waals surface area contributed by atoms with Crippen LogP contribution >= 0.6 is 0 Å². The Bertz CT molecular complexity index is 570. The molecular formula is C19H31N3O2. The molecule has 1 saturated heterocycles. The van der Waals surface area contributed by atoms with Crippen LogP contribution in [0.4, 0.5) is 11.4 Å². The van der Waals surface area contributed by atoms with Gasteiger partial charge >= 0.3 is 5.97 Å². The maximum atomic E-state index is 12.2. The molecule has 1 aromatic rings. The van der Waals surface area contributed by atoms with Crippen molar-refractivity contribution < 1.29 is 9.53 Å². The molecule has 1 fully saturated rings. The molecule has 5 nitrogen and oxygen atoms in total. The van der Waals surface area contributed by atoms with Crippen LogP contribution in [0.5, 0.6) is 0 Å². The number of hydrogen-bond donors (Lipinski definition) is 1. The van der Waals surface area contributed by atoms with Gasteiger partial charge in [0.2, 0.25) is 0 Å². The zero-order valence-electron chi connectivity index (χ0n) is 15.6. The summed E-state index contributed by atoms with van der Waals surface area (Å²) < 4.78 is 5.40. The van der Waals surface area contributed by atoms with E-state index in [1.165, 1.54) is 0 Å². The summed E-state index contributed by atoms with van der Waals surface area (Å²) in [7, 11) is 0. The van der Waals surface area contributed by atoms with Gasteiger partial charge in [0, 0.05) is 44.1 Å². The van der Waals surface area contributed by atoms with Gasteiger partial charge in [-0.05, 0) is 44.9 Å². The van der Waals surface area contributed by atoms with Gasteiger partial charge in [0.05, 0.1) is 5.56 Å². The van der Waals surface area contributed by atoms with Crippen molar-refractivity contribution in [3.63, 3.8) is 0 Å². The van der Waals surface area contributed by atoms with Crippen molar-refractivity contribution in [2.24, 2.45) is 5.92 Å². The molecule has 1 aromatic carbocycles. The zero-order valence-corrected chi connectivity index (χ0v) is 15.6. The molecule has 134 valence electrons. The van der Waals surface area contributed by atoms with E-state index in [2.05, 4.69) is 23.6 Å². The minimum atomic E-state index is -0.519. The summed E-state index contributed by atoms with van der Waals surface area (Å²) in [6, 6.07) is 5.63. The lowest BCUT2D eigenvalue weighted by Gasteiger charge is -2.37. The van der Waals surface area contributed by atoms with Crippen molar-refractivity contribution in [2.75, 3.05) is 43.4 Å². The Hall–Kier alpha value is -1.75. The van der Waals surface area contributed by atoms with E-state index in [0.29, 0.717) is 17.2 Å². The fraction of sp³-hybridized carbons (Fsp3) is 0.632. The van der Waals surface area contributed by atoms with Crippen molar-refractivity contribution in [2.45, 2.75) is 40.2 Å². The standard InChI is InChI=1S/C19H31N3O2/c1-14(2)13-21-8-10-22(11-9-21)15-6-7-16(17(20)12-15)18(23)24-19(3,4)5/h6-7,12,14H,8-11,13,20H2,1-5H3. The van der Waals surface area contributed by atoms with Gasteiger partial charge in [-0.25, -0.2) is 4.79 Å². The predicted octanol–water partition coefficient (Wildman–Crippen LogP) is 3.00. The fourth-order valence-corrected chi connectivity index (χ4v) is 2.97. The average Bonchev–Trinajstić information content (AvgIpc) is 2.45. The van der Waals surface area contributed by atoms with Gasteiger partial charge in [0.25, 0.3) is 0 Å².